The van der Waals surface area contributed by atoms with E-state index in [1.54, 1.807) is 12.1 Å². The fraction of sp³-hybridized carbons (Fsp3) is 0.294. The molecule has 2 aromatic carbocycles. The molecule has 1 unspecified atom stereocenters. The molecule has 2 aromatic rings. The zero-order valence-corrected chi connectivity index (χ0v) is 14.0. The van der Waals surface area contributed by atoms with Crippen LogP contribution in [0.3, 0.4) is 0 Å². The zero-order chi connectivity index (χ0) is 15.4. The first-order valence-electron chi connectivity index (χ1n) is 6.86. The maximum absolute atomic E-state index is 13.7. The van der Waals surface area contributed by atoms with Gasteiger partial charge >= 0.3 is 0 Å². The molecule has 0 aliphatic rings. The Balaban J connectivity index is 2.11. The van der Waals surface area contributed by atoms with E-state index in [4.69, 9.17) is 4.74 Å². The van der Waals surface area contributed by atoms with E-state index >= 15 is 0 Å². The molecule has 0 spiro atoms. The molecule has 0 bridgehead atoms. The van der Waals surface area contributed by atoms with E-state index in [1.165, 1.54) is 11.6 Å². The van der Waals surface area contributed by atoms with E-state index in [-0.39, 0.29) is 12.4 Å². The van der Waals surface area contributed by atoms with Crippen LogP contribution in [0.15, 0.2) is 40.9 Å². The molecule has 0 heterocycles. The number of aryl methyl sites for hydroxylation is 1. The summed E-state index contributed by atoms with van der Waals surface area (Å²) in [7, 11) is 1.93. The minimum Gasteiger partial charge on any atom is -0.489 e. The van der Waals surface area contributed by atoms with Gasteiger partial charge in [-0.3, -0.25) is 0 Å². The van der Waals surface area contributed by atoms with Crippen molar-refractivity contribution in [3.8, 4) is 5.75 Å². The number of rotatable bonds is 5. The van der Waals surface area contributed by atoms with Crippen LogP contribution in [-0.2, 0) is 6.61 Å². The van der Waals surface area contributed by atoms with Crippen molar-refractivity contribution in [3.05, 3.63) is 63.4 Å². The first kappa shape index (κ1) is 16.0. The van der Waals surface area contributed by atoms with Crippen molar-refractivity contribution < 1.29 is 9.13 Å². The van der Waals surface area contributed by atoms with E-state index in [9.17, 15) is 4.39 Å². The molecular weight excluding hydrogens is 333 g/mol. The second-order valence-electron chi connectivity index (χ2n) is 5.06. The molecule has 0 fully saturated rings. The van der Waals surface area contributed by atoms with Gasteiger partial charge in [0.25, 0.3) is 0 Å². The molecule has 0 aliphatic heterocycles. The second-order valence-corrected chi connectivity index (χ2v) is 5.98. The Labute approximate surface area is 133 Å². The first-order valence-corrected chi connectivity index (χ1v) is 7.65. The standard InChI is InChI=1S/C17H19BrFNO/c1-11-8-13(12(2)20-3)4-7-17(11)21-10-14-9-15(18)5-6-16(14)19/h4-9,12,20H,10H2,1-3H3. The van der Waals surface area contributed by atoms with E-state index < -0.39 is 0 Å². The third-order valence-corrected chi connectivity index (χ3v) is 4.02. The Morgan fingerprint density at radius 3 is 2.67 bits per heavy atom. The number of benzene rings is 2. The number of halogens is 2. The molecule has 2 nitrogen and oxygen atoms in total. The molecule has 0 saturated heterocycles. The molecule has 1 N–H and O–H groups in total. The molecule has 0 radical (unpaired) electrons. The molecule has 112 valence electrons. The summed E-state index contributed by atoms with van der Waals surface area (Å²) < 4.78 is 20.3. The van der Waals surface area contributed by atoms with Crippen LogP contribution < -0.4 is 10.1 Å². The van der Waals surface area contributed by atoms with E-state index in [1.807, 2.05) is 26.1 Å². The molecule has 2 rings (SSSR count). The van der Waals surface area contributed by atoms with Crippen LogP contribution in [0.5, 0.6) is 5.75 Å². The van der Waals surface area contributed by atoms with Crippen LogP contribution in [0.2, 0.25) is 0 Å². The van der Waals surface area contributed by atoms with Gasteiger partial charge in [0.2, 0.25) is 0 Å². The van der Waals surface area contributed by atoms with Gasteiger partial charge in [-0.05, 0) is 56.3 Å². The highest BCUT2D eigenvalue weighted by Gasteiger charge is 2.08. The summed E-state index contributed by atoms with van der Waals surface area (Å²) in [6.07, 6.45) is 0. The summed E-state index contributed by atoms with van der Waals surface area (Å²) in [4.78, 5) is 0. The van der Waals surface area contributed by atoms with Gasteiger partial charge in [-0.1, -0.05) is 28.1 Å². The average Bonchev–Trinajstić information content (AvgIpc) is 2.48. The number of ether oxygens (including phenoxy) is 1. The van der Waals surface area contributed by atoms with Gasteiger partial charge in [-0.2, -0.15) is 0 Å². The highest BCUT2D eigenvalue weighted by atomic mass is 79.9. The maximum atomic E-state index is 13.7. The predicted molar refractivity (Wildman–Crippen MR) is 87.1 cm³/mol. The van der Waals surface area contributed by atoms with Crippen molar-refractivity contribution in [3.63, 3.8) is 0 Å². The molecule has 4 heteroatoms. The topological polar surface area (TPSA) is 21.3 Å². The van der Waals surface area contributed by atoms with Crippen LogP contribution in [0.25, 0.3) is 0 Å². The Bertz CT molecular complexity index is 630. The van der Waals surface area contributed by atoms with Crippen LogP contribution >= 0.6 is 15.9 Å². The van der Waals surface area contributed by atoms with Gasteiger partial charge in [0.15, 0.2) is 0 Å². The quantitative estimate of drug-likeness (QED) is 0.838. The molecule has 0 aliphatic carbocycles. The lowest BCUT2D eigenvalue weighted by atomic mass is 10.1. The molecule has 21 heavy (non-hydrogen) atoms. The molecular formula is C17H19BrFNO. The van der Waals surface area contributed by atoms with Crippen LogP contribution in [0.1, 0.15) is 29.7 Å². The van der Waals surface area contributed by atoms with Crippen molar-refractivity contribution >= 4 is 15.9 Å². The normalized spacial score (nSPS) is 12.2. The molecule has 0 aromatic heterocycles. The fourth-order valence-electron chi connectivity index (χ4n) is 2.08. The van der Waals surface area contributed by atoms with Gasteiger partial charge in [-0.25, -0.2) is 4.39 Å². The first-order chi connectivity index (χ1) is 10.0. The minimum atomic E-state index is -0.253. The van der Waals surface area contributed by atoms with Crippen molar-refractivity contribution in [2.24, 2.45) is 0 Å². The lowest BCUT2D eigenvalue weighted by molar-refractivity contribution is 0.297. The van der Waals surface area contributed by atoms with Crippen molar-refractivity contribution in [2.45, 2.75) is 26.5 Å². The number of hydrogen-bond donors (Lipinski definition) is 1. The Morgan fingerprint density at radius 1 is 1.24 bits per heavy atom. The van der Waals surface area contributed by atoms with Gasteiger partial charge in [0.05, 0.1) is 0 Å². The summed E-state index contributed by atoms with van der Waals surface area (Å²) in [6.45, 7) is 4.32. The average molecular weight is 352 g/mol. The van der Waals surface area contributed by atoms with Gasteiger partial charge in [0.1, 0.15) is 18.2 Å². The zero-order valence-electron chi connectivity index (χ0n) is 12.4. The number of hydrogen-bond acceptors (Lipinski definition) is 2. The summed E-state index contributed by atoms with van der Waals surface area (Å²) in [5.41, 5.74) is 2.79. The van der Waals surface area contributed by atoms with Crippen molar-refractivity contribution in [1.82, 2.24) is 5.32 Å². The lowest BCUT2D eigenvalue weighted by Crippen LogP contribution is -2.12. The Morgan fingerprint density at radius 2 is 2.00 bits per heavy atom. The molecule has 0 saturated carbocycles. The fourth-order valence-corrected chi connectivity index (χ4v) is 2.49. The third kappa shape index (κ3) is 4.05. The van der Waals surface area contributed by atoms with E-state index in [0.717, 1.165) is 15.8 Å². The SMILES string of the molecule is CNC(C)c1ccc(OCc2cc(Br)ccc2F)c(C)c1. The smallest absolute Gasteiger partial charge is 0.129 e. The largest absolute Gasteiger partial charge is 0.489 e. The van der Waals surface area contributed by atoms with Crippen molar-refractivity contribution in [2.75, 3.05) is 7.05 Å². The Hall–Kier alpha value is -1.39. The summed E-state index contributed by atoms with van der Waals surface area (Å²) in [5.74, 6) is 0.526. The van der Waals surface area contributed by atoms with Gasteiger partial charge < -0.3 is 10.1 Å². The highest BCUT2D eigenvalue weighted by molar-refractivity contribution is 9.10. The summed E-state index contributed by atoms with van der Waals surface area (Å²) >= 11 is 3.34. The highest BCUT2D eigenvalue weighted by Crippen LogP contribution is 2.24. The lowest BCUT2D eigenvalue weighted by Gasteiger charge is -2.14. The third-order valence-electron chi connectivity index (χ3n) is 3.52. The van der Waals surface area contributed by atoms with Crippen molar-refractivity contribution in [1.29, 1.82) is 0 Å². The summed E-state index contributed by atoms with van der Waals surface area (Å²) in [5, 5.41) is 3.20. The van der Waals surface area contributed by atoms with Gasteiger partial charge in [-0.15, -0.1) is 0 Å². The number of nitrogens with one attached hydrogen (secondary N) is 1. The summed E-state index contributed by atoms with van der Waals surface area (Å²) in [6, 6.07) is 11.2. The van der Waals surface area contributed by atoms with Crippen LogP contribution in [-0.4, -0.2) is 7.05 Å². The van der Waals surface area contributed by atoms with Gasteiger partial charge in [0, 0.05) is 16.1 Å². The van der Waals surface area contributed by atoms with Crippen LogP contribution in [0, 0.1) is 12.7 Å². The molecule has 0 amide bonds. The monoisotopic (exact) mass is 351 g/mol. The minimum absolute atomic E-state index is 0.215. The second kappa shape index (κ2) is 7.05. The predicted octanol–water partition coefficient (Wildman–Crippen LogP) is 4.76. The van der Waals surface area contributed by atoms with E-state index in [0.29, 0.717) is 11.6 Å². The van der Waals surface area contributed by atoms with E-state index in [2.05, 4.69) is 34.2 Å². The maximum Gasteiger partial charge on any atom is 0.129 e. The molecule has 1 atom stereocenters. The van der Waals surface area contributed by atoms with Crippen LogP contribution in [0.4, 0.5) is 4.39 Å². The Kier molecular flexibility index (Phi) is 5.37.